The maximum atomic E-state index is 12.9. The van der Waals surface area contributed by atoms with E-state index in [-0.39, 0.29) is 18.0 Å². The number of hydrogen-bond donors (Lipinski definition) is 1. The second-order valence-electron chi connectivity index (χ2n) is 7.71. The van der Waals surface area contributed by atoms with Crippen molar-refractivity contribution >= 4 is 33.8 Å². The SMILES string of the molecule is O=C(Cn1ncn2nc(-c3cccc4ccccc34)cc2c1=O)NCCc1ccc(Cl)cc1. The number of aromatic nitrogens is 4. The fourth-order valence-electron chi connectivity index (χ4n) is 3.82. The molecule has 3 aromatic carbocycles. The Bertz CT molecular complexity index is 1520. The molecule has 0 unspecified atom stereocenters. The molecule has 0 atom stereocenters. The molecule has 0 spiro atoms. The number of nitrogens with zero attached hydrogens (tertiary/aromatic N) is 4. The van der Waals surface area contributed by atoms with Crippen molar-refractivity contribution in [2.45, 2.75) is 13.0 Å². The van der Waals surface area contributed by atoms with Gasteiger partial charge in [0, 0.05) is 17.1 Å². The molecule has 0 aliphatic heterocycles. The van der Waals surface area contributed by atoms with E-state index >= 15 is 0 Å². The highest BCUT2D eigenvalue weighted by atomic mass is 35.5. The van der Waals surface area contributed by atoms with Gasteiger partial charge in [-0.05, 0) is 41.0 Å². The van der Waals surface area contributed by atoms with Crippen LogP contribution in [0.2, 0.25) is 5.02 Å². The highest BCUT2D eigenvalue weighted by Crippen LogP contribution is 2.27. The third-order valence-electron chi connectivity index (χ3n) is 5.50. The first-order valence-electron chi connectivity index (χ1n) is 10.5. The minimum absolute atomic E-state index is 0.162. The third-order valence-corrected chi connectivity index (χ3v) is 5.75. The molecular formula is C25H20ClN5O2. The maximum absolute atomic E-state index is 12.9. The summed E-state index contributed by atoms with van der Waals surface area (Å²) in [5.41, 5.74) is 2.67. The third kappa shape index (κ3) is 4.36. The van der Waals surface area contributed by atoms with Crippen molar-refractivity contribution in [3.63, 3.8) is 0 Å². The summed E-state index contributed by atoms with van der Waals surface area (Å²) in [6.07, 6.45) is 2.12. The quantitative estimate of drug-likeness (QED) is 0.421. The molecule has 5 rings (SSSR count). The lowest BCUT2D eigenvalue weighted by Crippen LogP contribution is -2.35. The van der Waals surface area contributed by atoms with Gasteiger partial charge in [0.15, 0.2) is 0 Å². The van der Waals surface area contributed by atoms with Gasteiger partial charge in [-0.25, -0.2) is 9.20 Å². The Morgan fingerprint density at radius 1 is 1.00 bits per heavy atom. The van der Waals surface area contributed by atoms with Gasteiger partial charge >= 0.3 is 0 Å². The number of carbonyl (C=O) groups is 1. The van der Waals surface area contributed by atoms with Crippen LogP contribution in [0.4, 0.5) is 0 Å². The summed E-state index contributed by atoms with van der Waals surface area (Å²) in [7, 11) is 0. The van der Waals surface area contributed by atoms with Crippen LogP contribution in [0, 0.1) is 0 Å². The summed E-state index contributed by atoms with van der Waals surface area (Å²) in [5.74, 6) is -0.281. The van der Waals surface area contributed by atoms with Gasteiger partial charge in [-0.1, -0.05) is 66.2 Å². The van der Waals surface area contributed by atoms with E-state index in [0.29, 0.717) is 29.2 Å². The number of nitrogens with one attached hydrogen (secondary N) is 1. The number of benzene rings is 3. The van der Waals surface area contributed by atoms with Crippen molar-refractivity contribution in [3.05, 3.63) is 100 Å². The highest BCUT2D eigenvalue weighted by Gasteiger charge is 2.13. The van der Waals surface area contributed by atoms with Gasteiger partial charge in [0.25, 0.3) is 5.56 Å². The van der Waals surface area contributed by atoms with Crippen molar-refractivity contribution in [3.8, 4) is 11.3 Å². The fourth-order valence-corrected chi connectivity index (χ4v) is 3.95. The first kappa shape index (κ1) is 20.9. The minimum Gasteiger partial charge on any atom is -0.354 e. The van der Waals surface area contributed by atoms with Crippen molar-refractivity contribution in [1.82, 2.24) is 24.7 Å². The van der Waals surface area contributed by atoms with Crippen LogP contribution in [0.15, 0.2) is 83.9 Å². The lowest BCUT2D eigenvalue weighted by molar-refractivity contribution is -0.121. The topological polar surface area (TPSA) is 81.3 Å². The van der Waals surface area contributed by atoms with Crippen LogP contribution in [-0.4, -0.2) is 31.8 Å². The largest absolute Gasteiger partial charge is 0.354 e. The van der Waals surface area contributed by atoms with E-state index in [9.17, 15) is 9.59 Å². The molecule has 0 fully saturated rings. The van der Waals surface area contributed by atoms with Crippen LogP contribution >= 0.6 is 11.6 Å². The Labute approximate surface area is 194 Å². The first-order valence-corrected chi connectivity index (χ1v) is 10.9. The minimum atomic E-state index is -0.371. The standard InChI is InChI=1S/C25H20ClN5O2/c26-19-10-8-17(9-11-19)12-13-27-24(32)15-30-25(33)23-14-22(29-31(23)16-28-30)21-7-3-5-18-4-1-2-6-20(18)21/h1-11,14,16H,12-13,15H2,(H,27,32). The molecule has 1 amide bonds. The van der Waals surface area contributed by atoms with E-state index in [1.807, 2.05) is 66.7 Å². The molecule has 0 radical (unpaired) electrons. The van der Waals surface area contributed by atoms with Crippen LogP contribution in [0.1, 0.15) is 5.56 Å². The van der Waals surface area contributed by atoms with Crippen LogP contribution in [0.25, 0.3) is 27.5 Å². The van der Waals surface area contributed by atoms with E-state index in [4.69, 9.17) is 11.6 Å². The Morgan fingerprint density at radius 2 is 1.79 bits per heavy atom. The van der Waals surface area contributed by atoms with E-state index in [1.54, 1.807) is 6.07 Å². The van der Waals surface area contributed by atoms with Crippen molar-refractivity contribution in [1.29, 1.82) is 0 Å². The van der Waals surface area contributed by atoms with Gasteiger partial charge in [-0.3, -0.25) is 9.59 Å². The molecule has 0 aliphatic rings. The zero-order chi connectivity index (χ0) is 22.8. The molecule has 0 aliphatic carbocycles. The molecule has 1 N–H and O–H groups in total. The Morgan fingerprint density at radius 3 is 2.64 bits per heavy atom. The number of halogens is 1. The van der Waals surface area contributed by atoms with E-state index in [0.717, 1.165) is 26.6 Å². The van der Waals surface area contributed by atoms with Crippen LogP contribution in [-0.2, 0) is 17.8 Å². The second kappa shape index (κ2) is 8.88. The van der Waals surface area contributed by atoms with Crippen LogP contribution in [0.3, 0.4) is 0 Å². The van der Waals surface area contributed by atoms with Gasteiger partial charge in [-0.15, -0.1) is 0 Å². The molecule has 0 bridgehead atoms. The zero-order valence-electron chi connectivity index (χ0n) is 17.6. The maximum Gasteiger partial charge on any atom is 0.293 e. The molecule has 33 heavy (non-hydrogen) atoms. The smallest absolute Gasteiger partial charge is 0.293 e. The van der Waals surface area contributed by atoms with E-state index < -0.39 is 0 Å². The predicted molar refractivity (Wildman–Crippen MR) is 128 cm³/mol. The highest BCUT2D eigenvalue weighted by molar-refractivity contribution is 6.30. The number of amides is 1. The molecule has 8 heteroatoms. The number of carbonyl (C=O) groups excluding carboxylic acids is 1. The monoisotopic (exact) mass is 457 g/mol. The zero-order valence-corrected chi connectivity index (χ0v) is 18.4. The van der Waals surface area contributed by atoms with E-state index in [1.165, 1.54) is 10.8 Å². The van der Waals surface area contributed by atoms with Crippen molar-refractivity contribution < 1.29 is 4.79 Å². The Hall–Kier alpha value is -3.97. The first-order chi connectivity index (χ1) is 16.1. The number of fused-ring (bicyclic) bond motifs is 2. The normalized spacial score (nSPS) is 11.2. The molecule has 2 aromatic heterocycles. The van der Waals surface area contributed by atoms with Crippen molar-refractivity contribution in [2.75, 3.05) is 6.54 Å². The Kier molecular flexibility index (Phi) is 5.62. The second-order valence-corrected chi connectivity index (χ2v) is 8.14. The van der Waals surface area contributed by atoms with Gasteiger partial charge in [-0.2, -0.15) is 10.2 Å². The van der Waals surface area contributed by atoms with Gasteiger partial charge < -0.3 is 5.32 Å². The average molecular weight is 458 g/mol. The lowest BCUT2D eigenvalue weighted by atomic mass is 10.0. The number of hydrogen-bond acceptors (Lipinski definition) is 4. The summed E-state index contributed by atoms with van der Waals surface area (Å²) in [5, 5.41) is 14.3. The van der Waals surface area contributed by atoms with E-state index in [2.05, 4.69) is 15.5 Å². The van der Waals surface area contributed by atoms with Crippen molar-refractivity contribution in [2.24, 2.45) is 0 Å². The predicted octanol–water partition coefficient (Wildman–Crippen LogP) is 3.72. The summed E-state index contributed by atoms with van der Waals surface area (Å²) in [4.78, 5) is 25.3. The lowest BCUT2D eigenvalue weighted by Gasteiger charge is -2.07. The molecule has 0 saturated carbocycles. The van der Waals surface area contributed by atoms with Gasteiger partial charge in [0.2, 0.25) is 5.91 Å². The van der Waals surface area contributed by atoms with Crippen LogP contribution in [0.5, 0.6) is 0 Å². The van der Waals surface area contributed by atoms with Crippen LogP contribution < -0.4 is 10.9 Å². The molecule has 164 valence electrons. The average Bonchev–Trinajstić information content (AvgIpc) is 3.27. The molecule has 0 saturated heterocycles. The fraction of sp³-hybridized carbons (Fsp3) is 0.120. The molecular weight excluding hydrogens is 438 g/mol. The summed E-state index contributed by atoms with van der Waals surface area (Å²) >= 11 is 5.89. The Balaban J connectivity index is 1.33. The summed E-state index contributed by atoms with van der Waals surface area (Å²) in [6, 6.07) is 23.2. The van der Waals surface area contributed by atoms with Gasteiger partial charge in [0.05, 0.1) is 5.69 Å². The summed E-state index contributed by atoms with van der Waals surface area (Å²) in [6.45, 7) is 0.292. The van der Waals surface area contributed by atoms with Gasteiger partial charge in [0.1, 0.15) is 18.4 Å². The molecule has 2 heterocycles. The summed E-state index contributed by atoms with van der Waals surface area (Å²) < 4.78 is 2.61. The molecule has 7 nitrogen and oxygen atoms in total. The number of rotatable bonds is 6. The molecule has 5 aromatic rings.